The molecule has 2 aliphatic heterocycles. The Kier molecular flexibility index (Phi) is 13.5. The number of aliphatic hydroxyl groups excluding tert-OH is 2. The smallest absolute Gasteiger partial charge is 0.512 e. The molecule has 0 saturated carbocycles. The molecule has 8 bridgehead atoms. The van der Waals surface area contributed by atoms with Crippen LogP contribution in [0.4, 0.5) is 0 Å². The number of allylic oxidation sites excluding steroid dienone is 2. The van der Waals surface area contributed by atoms with Crippen molar-refractivity contribution >= 4 is 56.1 Å². The second-order valence-corrected chi connectivity index (χ2v) is 16.3. The molecule has 0 saturated heterocycles. The van der Waals surface area contributed by atoms with Crippen molar-refractivity contribution in [3.8, 4) is 45.6 Å². The molecule has 2 aliphatic rings. The molecule has 7 aromatic rings. The minimum Gasteiger partial charge on any atom is -0.512 e. The second kappa shape index (κ2) is 18.6. The molecule has 0 radical (unpaired) electrons. The minimum atomic E-state index is -0.516. The monoisotopic (exact) mass is 918 g/mol. The van der Waals surface area contributed by atoms with Crippen LogP contribution in [-0.4, -0.2) is 63.3 Å². The third kappa shape index (κ3) is 11.0. The van der Waals surface area contributed by atoms with E-state index in [0.717, 1.165) is 56.0 Å². The fourth-order valence-electron chi connectivity index (χ4n) is 6.46. The SMILES string of the molecule is C/C(O)=C/C(=O)OC(C)(C)C.C/C(O)=C/C(=O)OC(C)(C)C.[Zr+2].c1ccc2c(c1)-c1nc-2nc2[n-]c(nc3nc(nc4[n-]c(n1)c1ccccc41)-c1ccccc1-3)c1ccccc21. The van der Waals surface area contributed by atoms with E-state index in [2.05, 4.69) is 0 Å². The van der Waals surface area contributed by atoms with Crippen molar-refractivity contribution in [2.45, 2.75) is 66.6 Å². The van der Waals surface area contributed by atoms with Crippen molar-refractivity contribution in [2.75, 3.05) is 0 Å². The number of aliphatic hydroxyl groups is 2. The number of rotatable bonds is 2. The molecule has 15 heteroatoms. The Labute approximate surface area is 382 Å². The zero-order chi connectivity index (χ0) is 44.3. The molecule has 0 amide bonds. The Balaban J connectivity index is 0.000000240. The number of fused-ring (bicyclic) bond motifs is 20. The fourth-order valence-corrected chi connectivity index (χ4v) is 6.46. The molecule has 316 valence electrons. The van der Waals surface area contributed by atoms with E-state index in [9.17, 15) is 9.59 Å². The third-order valence-electron chi connectivity index (χ3n) is 8.80. The van der Waals surface area contributed by atoms with E-state index in [1.54, 1.807) is 41.5 Å². The number of hydrogen-bond acceptors (Lipinski definition) is 12. The van der Waals surface area contributed by atoms with Gasteiger partial charge in [-0.3, -0.25) is 0 Å². The maximum atomic E-state index is 10.8. The number of nitrogens with zero attached hydrogens (tertiary/aromatic N) is 8. The summed E-state index contributed by atoms with van der Waals surface area (Å²) in [5.41, 5.74) is 4.79. The zero-order valence-electron chi connectivity index (χ0n) is 36.0. The molecule has 4 aromatic carbocycles. The Hall–Kier alpha value is -6.86. The van der Waals surface area contributed by atoms with Crippen molar-refractivity contribution < 1.29 is 55.5 Å². The summed E-state index contributed by atoms with van der Waals surface area (Å²) >= 11 is 0. The predicted molar refractivity (Wildman–Crippen MR) is 238 cm³/mol. The van der Waals surface area contributed by atoms with Crippen LogP contribution in [0, 0.1) is 0 Å². The van der Waals surface area contributed by atoms with Gasteiger partial charge in [0, 0.05) is 44.8 Å². The number of aromatic nitrogens is 8. The maximum Gasteiger partial charge on any atom is 2.00 e. The molecule has 0 unspecified atom stereocenters. The van der Waals surface area contributed by atoms with Gasteiger partial charge in [0.25, 0.3) is 0 Å². The van der Waals surface area contributed by atoms with E-state index in [1.165, 1.54) is 13.8 Å². The Morgan fingerprint density at radius 1 is 0.460 bits per heavy atom. The summed E-state index contributed by atoms with van der Waals surface area (Å²) in [5, 5.41) is 20.9. The van der Waals surface area contributed by atoms with E-state index >= 15 is 0 Å². The van der Waals surface area contributed by atoms with E-state index in [0.29, 0.717) is 45.9 Å². The number of carbonyl (C=O) groups is 2. The molecule has 3 aromatic heterocycles. The van der Waals surface area contributed by atoms with Crippen molar-refractivity contribution in [3.05, 3.63) is 121 Å². The van der Waals surface area contributed by atoms with E-state index in [4.69, 9.17) is 59.6 Å². The van der Waals surface area contributed by atoms with Gasteiger partial charge >= 0.3 is 38.1 Å². The standard InChI is InChI=1S/C32H16N8.2C8H14O3.Zr/c1-2-10-18-17(9-1)25-33-26(18)38-28-21-13-5-6-14-22(21)30(35-28)40-32-24-16-8-7-15-23(24)31(36-32)39-29-20-12-4-3-11-19(20)27(34-29)37-25;2*1-6(9)5-7(10)11-8(2,3)4;/h1-16H;2*5,9H,1-4H3;/q-2;;;+2/b;2*6-5-;. The molecule has 0 atom stereocenters. The van der Waals surface area contributed by atoms with Gasteiger partial charge in [0.05, 0.1) is 47.0 Å². The van der Waals surface area contributed by atoms with E-state index < -0.39 is 23.1 Å². The first-order valence-corrected chi connectivity index (χ1v) is 19.7. The van der Waals surface area contributed by atoms with Gasteiger partial charge in [0.15, 0.2) is 0 Å². The molecule has 9 rings (SSSR count). The molecule has 14 nitrogen and oxygen atoms in total. The quantitative estimate of drug-likeness (QED) is 0.0943. The van der Waals surface area contributed by atoms with Crippen molar-refractivity contribution in [1.82, 2.24) is 39.9 Å². The molecular weight excluding hydrogens is 876 g/mol. The second-order valence-electron chi connectivity index (χ2n) is 16.3. The molecule has 0 spiro atoms. The zero-order valence-corrected chi connectivity index (χ0v) is 38.5. The normalized spacial score (nSPS) is 12.1. The first-order chi connectivity index (χ1) is 29.4. The van der Waals surface area contributed by atoms with Crippen LogP contribution in [-0.2, 0) is 45.3 Å². The first-order valence-electron chi connectivity index (χ1n) is 19.7. The molecule has 0 aliphatic carbocycles. The van der Waals surface area contributed by atoms with Gasteiger partial charge in [-0.15, -0.1) is 0 Å². The van der Waals surface area contributed by atoms with Crippen LogP contribution >= 0.6 is 0 Å². The summed E-state index contributed by atoms with van der Waals surface area (Å²) in [6, 6.07) is 31.8. The van der Waals surface area contributed by atoms with Gasteiger partial charge in [-0.1, -0.05) is 97.1 Å². The molecule has 2 N–H and O–H groups in total. The number of benzene rings is 4. The number of esters is 2. The van der Waals surface area contributed by atoms with Crippen molar-refractivity contribution in [1.29, 1.82) is 0 Å². The summed E-state index contributed by atoms with van der Waals surface area (Å²) in [6.07, 6.45) is 2.09. The van der Waals surface area contributed by atoms with E-state index in [-0.39, 0.29) is 37.7 Å². The Morgan fingerprint density at radius 3 is 0.921 bits per heavy atom. The molecule has 5 heterocycles. The summed E-state index contributed by atoms with van der Waals surface area (Å²) < 4.78 is 9.75. The number of ether oxygens (including phenoxy) is 2. The van der Waals surface area contributed by atoms with Gasteiger partial charge in [-0.25, -0.2) is 19.6 Å². The first kappa shape index (κ1) is 45.7. The third-order valence-corrected chi connectivity index (χ3v) is 8.80. The van der Waals surface area contributed by atoms with Crippen LogP contribution in [0.25, 0.3) is 89.7 Å². The van der Waals surface area contributed by atoms with Crippen molar-refractivity contribution in [3.63, 3.8) is 0 Å². The topological polar surface area (TPSA) is 199 Å². The van der Waals surface area contributed by atoms with Gasteiger partial charge in [0.1, 0.15) is 11.2 Å². The van der Waals surface area contributed by atoms with Gasteiger partial charge < -0.3 is 49.6 Å². The van der Waals surface area contributed by atoms with Crippen LogP contribution in [0.2, 0.25) is 0 Å². The maximum absolute atomic E-state index is 10.8. The average molecular weight is 920 g/mol. The fraction of sp³-hybridized carbons (Fsp3) is 0.208. The van der Waals surface area contributed by atoms with Crippen LogP contribution in [0.5, 0.6) is 0 Å². The van der Waals surface area contributed by atoms with Crippen LogP contribution in [0.1, 0.15) is 55.4 Å². The van der Waals surface area contributed by atoms with Gasteiger partial charge in [0.2, 0.25) is 0 Å². The van der Waals surface area contributed by atoms with E-state index in [1.807, 2.05) is 97.1 Å². The molecular formula is C48H44N8O6Zr. The molecule has 63 heavy (non-hydrogen) atoms. The minimum absolute atomic E-state index is 0. The Bertz CT molecular complexity index is 2730. The largest absolute Gasteiger partial charge is 2.00 e. The van der Waals surface area contributed by atoms with Crippen LogP contribution in [0.15, 0.2) is 121 Å². The van der Waals surface area contributed by atoms with Gasteiger partial charge in [-0.05, 0) is 76.9 Å². The van der Waals surface area contributed by atoms with Gasteiger partial charge in [-0.2, -0.15) is 0 Å². The Morgan fingerprint density at radius 2 is 0.698 bits per heavy atom. The summed E-state index contributed by atoms with van der Waals surface area (Å²) in [5.74, 6) is 1.09. The number of carbonyl (C=O) groups excluding carboxylic acids is 2. The summed E-state index contributed by atoms with van der Waals surface area (Å²) in [7, 11) is 0. The van der Waals surface area contributed by atoms with Crippen LogP contribution in [0.3, 0.4) is 0 Å². The van der Waals surface area contributed by atoms with Crippen molar-refractivity contribution in [2.24, 2.45) is 0 Å². The predicted octanol–water partition coefficient (Wildman–Crippen LogP) is 9.70. The summed E-state index contributed by atoms with van der Waals surface area (Å²) in [4.78, 5) is 60.9. The average Bonchev–Trinajstić information content (AvgIpc) is 3.92. The summed E-state index contributed by atoms with van der Waals surface area (Å²) in [6.45, 7) is 13.5. The van der Waals surface area contributed by atoms with Crippen LogP contribution < -0.4 is 9.97 Å². The number of hydrogen-bond donors (Lipinski definition) is 2. The molecule has 0 fully saturated rings.